The van der Waals surface area contributed by atoms with Gasteiger partial charge in [0.25, 0.3) is 0 Å². The van der Waals surface area contributed by atoms with E-state index in [1.165, 1.54) is 32.1 Å². The lowest BCUT2D eigenvalue weighted by Gasteiger charge is -2.42. The fraction of sp³-hybridized carbons (Fsp3) is 0.941. The van der Waals surface area contributed by atoms with Gasteiger partial charge in [-0.3, -0.25) is 4.79 Å². The molecule has 0 aromatic rings. The summed E-state index contributed by atoms with van der Waals surface area (Å²) in [6, 6.07) is 0.464. The summed E-state index contributed by atoms with van der Waals surface area (Å²) in [6.45, 7) is 7.27. The first kappa shape index (κ1) is 16.8. The van der Waals surface area contributed by atoms with E-state index in [1.54, 1.807) is 0 Å². The van der Waals surface area contributed by atoms with E-state index in [2.05, 4.69) is 43.1 Å². The maximum Gasteiger partial charge on any atom is 0.240 e. The zero-order valence-corrected chi connectivity index (χ0v) is 14.3. The summed E-state index contributed by atoms with van der Waals surface area (Å²) in [5.74, 6) is 0.341. The van der Waals surface area contributed by atoms with Crippen LogP contribution < -0.4 is 5.32 Å². The molecule has 1 saturated heterocycles. The number of piperidine rings is 1. The Bertz CT molecular complexity index is 348. The molecular formula is C17H33N3O. The van der Waals surface area contributed by atoms with Crippen LogP contribution in [0.3, 0.4) is 0 Å². The lowest BCUT2D eigenvalue weighted by molar-refractivity contribution is -0.139. The maximum absolute atomic E-state index is 13.2. The third-order valence-electron chi connectivity index (χ3n) is 5.21. The standard InChI is InChI=1S/C17H33N3O/c1-17(2)10-7-11-18-15(17)16(21)20(13-12-19(3)4)14-8-5-6-9-14/h14-15,18H,5-13H2,1-4H3. The molecule has 2 rings (SSSR count). The molecule has 1 amide bonds. The lowest BCUT2D eigenvalue weighted by atomic mass is 9.77. The molecule has 1 unspecified atom stereocenters. The SMILES string of the molecule is CN(C)CCN(C(=O)C1NCCCC1(C)C)C1CCCC1. The smallest absolute Gasteiger partial charge is 0.240 e. The van der Waals surface area contributed by atoms with Crippen molar-refractivity contribution in [1.29, 1.82) is 0 Å². The Morgan fingerprint density at radius 2 is 1.81 bits per heavy atom. The van der Waals surface area contributed by atoms with Gasteiger partial charge in [0, 0.05) is 19.1 Å². The van der Waals surface area contributed by atoms with Crippen molar-refractivity contribution in [2.75, 3.05) is 33.7 Å². The van der Waals surface area contributed by atoms with Crippen LogP contribution in [0.5, 0.6) is 0 Å². The van der Waals surface area contributed by atoms with Gasteiger partial charge in [0.15, 0.2) is 0 Å². The second-order valence-corrected chi connectivity index (χ2v) is 7.75. The Kier molecular flexibility index (Phi) is 5.67. The molecule has 122 valence electrons. The summed E-state index contributed by atoms with van der Waals surface area (Å²) in [5, 5.41) is 3.50. The van der Waals surface area contributed by atoms with Crippen LogP contribution in [-0.4, -0.2) is 61.5 Å². The molecule has 0 spiro atoms. The first-order valence-electron chi connectivity index (χ1n) is 8.60. The minimum Gasteiger partial charge on any atom is -0.337 e. The first-order chi connectivity index (χ1) is 9.92. The molecule has 1 aliphatic carbocycles. The molecule has 2 aliphatic rings. The summed E-state index contributed by atoms with van der Waals surface area (Å²) in [7, 11) is 4.17. The van der Waals surface area contributed by atoms with Gasteiger partial charge in [0.2, 0.25) is 5.91 Å². The number of rotatable bonds is 5. The first-order valence-corrected chi connectivity index (χ1v) is 8.60. The van der Waals surface area contributed by atoms with Gasteiger partial charge >= 0.3 is 0 Å². The van der Waals surface area contributed by atoms with Gasteiger partial charge in [-0.25, -0.2) is 0 Å². The minimum absolute atomic E-state index is 0.00554. The van der Waals surface area contributed by atoms with Gasteiger partial charge in [0.05, 0.1) is 6.04 Å². The van der Waals surface area contributed by atoms with Crippen LogP contribution in [-0.2, 0) is 4.79 Å². The van der Waals surface area contributed by atoms with Gasteiger partial charge in [-0.15, -0.1) is 0 Å². The molecule has 1 aliphatic heterocycles. The number of carbonyl (C=O) groups excluding carboxylic acids is 1. The Balaban J connectivity index is 2.08. The molecule has 4 heteroatoms. The second-order valence-electron chi connectivity index (χ2n) is 7.75. The van der Waals surface area contributed by atoms with E-state index in [1.807, 2.05) is 0 Å². The number of hydrogen-bond acceptors (Lipinski definition) is 3. The van der Waals surface area contributed by atoms with Crippen molar-refractivity contribution in [3.8, 4) is 0 Å². The fourth-order valence-corrected chi connectivity index (χ4v) is 3.79. The van der Waals surface area contributed by atoms with Crippen molar-refractivity contribution in [3.05, 3.63) is 0 Å². The van der Waals surface area contributed by atoms with E-state index in [4.69, 9.17) is 0 Å². The Labute approximate surface area is 130 Å². The molecule has 0 radical (unpaired) electrons. The normalized spacial score (nSPS) is 26.2. The number of hydrogen-bond donors (Lipinski definition) is 1. The number of amides is 1. The monoisotopic (exact) mass is 295 g/mol. The highest BCUT2D eigenvalue weighted by atomic mass is 16.2. The van der Waals surface area contributed by atoms with Gasteiger partial charge in [0.1, 0.15) is 0 Å². The predicted molar refractivity (Wildman–Crippen MR) is 87.3 cm³/mol. The van der Waals surface area contributed by atoms with Gasteiger partial charge in [-0.05, 0) is 51.7 Å². The van der Waals surface area contributed by atoms with Crippen molar-refractivity contribution in [1.82, 2.24) is 15.1 Å². The van der Waals surface area contributed by atoms with Crippen LogP contribution in [0.2, 0.25) is 0 Å². The topological polar surface area (TPSA) is 35.6 Å². The molecule has 1 heterocycles. The van der Waals surface area contributed by atoms with Crippen LogP contribution in [0.1, 0.15) is 52.4 Å². The molecule has 1 saturated carbocycles. The number of likely N-dealkylation sites (N-methyl/N-ethyl adjacent to an activating group) is 1. The van der Waals surface area contributed by atoms with Crippen LogP contribution in [0.4, 0.5) is 0 Å². The number of nitrogens with one attached hydrogen (secondary N) is 1. The zero-order chi connectivity index (χ0) is 15.5. The molecule has 1 atom stereocenters. The molecule has 21 heavy (non-hydrogen) atoms. The van der Waals surface area contributed by atoms with Crippen molar-refractivity contribution < 1.29 is 4.79 Å². The molecule has 1 N–H and O–H groups in total. The van der Waals surface area contributed by atoms with Crippen molar-refractivity contribution >= 4 is 5.91 Å². The second kappa shape index (κ2) is 7.10. The predicted octanol–water partition coefficient (Wildman–Crippen LogP) is 2.10. The average molecular weight is 295 g/mol. The average Bonchev–Trinajstić information content (AvgIpc) is 2.91. The van der Waals surface area contributed by atoms with Gasteiger partial charge in [-0.2, -0.15) is 0 Å². The van der Waals surface area contributed by atoms with Crippen molar-refractivity contribution in [2.45, 2.75) is 64.5 Å². The molecule has 0 aromatic heterocycles. The van der Waals surface area contributed by atoms with E-state index in [0.29, 0.717) is 11.9 Å². The van der Waals surface area contributed by atoms with Crippen LogP contribution in [0, 0.1) is 5.41 Å². The Hall–Kier alpha value is -0.610. The van der Waals surface area contributed by atoms with Gasteiger partial charge in [-0.1, -0.05) is 26.7 Å². The third kappa shape index (κ3) is 4.19. The van der Waals surface area contributed by atoms with Crippen molar-refractivity contribution in [2.24, 2.45) is 5.41 Å². The van der Waals surface area contributed by atoms with E-state index >= 15 is 0 Å². The van der Waals surface area contributed by atoms with E-state index in [-0.39, 0.29) is 11.5 Å². The van der Waals surface area contributed by atoms with Crippen LogP contribution >= 0.6 is 0 Å². The molecule has 4 nitrogen and oxygen atoms in total. The summed E-state index contributed by atoms with van der Waals surface area (Å²) < 4.78 is 0. The van der Waals surface area contributed by atoms with E-state index in [9.17, 15) is 4.79 Å². The highest BCUT2D eigenvalue weighted by Crippen LogP contribution is 2.33. The maximum atomic E-state index is 13.2. The third-order valence-corrected chi connectivity index (χ3v) is 5.21. The van der Waals surface area contributed by atoms with Crippen LogP contribution in [0.25, 0.3) is 0 Å². The number of nitrogens with zero attached hydrogens (tertiary/aromatic N) is 2. The fourth-order valence-electron chi connectivity index (χ4n) is 3.79. The lowest BCUT2D eigenvalue weighted by Crippen LogP contribution is -2.58. The quantitative estimate of drug-likeness (QED) is 0.844. The summed E-state index contributed by atoms with van der Waals surface area (Å²) in [4.78, 5) is 17.5. The molecular weight excluding hydrogens is 262 g/mol. The molecule has 0 aromatic carbocycles. The highest BCUT2D eigenvalue weighted by molar-refractivity contribution is 5.83. The van der Waals surface area contributed by atoms with E-state index < -0.39 is 0 Å². The molecule has 0 bridgehead atoms. The Morgan fingerprint density at radius 3 is 2.38 bits per heavy atom. The summed E-state index contributed by atoms with van der Waals surface area (Å²) in [6.07, 6.45) is 7.24. The Morgan fingerprint density at radius 1 is 1.14 bits per heavy atom. The molecule has 2 fully saturated rings. The largest absolute Gasteiger partial charge is 0.337 e. The van der Waals surface area contributed by atoms with Gasteiger partial charge < -0.3 is 15.1 Å². The van der Waals surface area contributed by atoms with Crippen LogP contribution in [0.15, 0.2) is 0 Å². The number of carbonyl (C=O) groups is 1. The summed E-state index contributed by atoms with van der Waals surface area (Å²) in [5.41, 5.74) is 0.0737. The van der Waals surface area contributed by atoms with E-state index in [0.717, 1.165) is 26.1 Å². The highest BCUT2D eigenvalue weighted by Gasteiger charge is 2.41. The van der Waals surface area contributed by atoms with Crippen molar-refractivity contribution in [3.63, 3.8) is 0 Å². The minimum atomic E-state index is -0.00554. The summed E-state index contributed by atoms with van der Waals surface area (Å²) >= 11 is 0. The zero-order valence-electron chi connectivity index (χ0n) is 14.3.